The second-order valence-corrected chi connectivity index (χ2v) is 8.85. The zero-order valence-corrected chi connectivity index (χ0v) is 21.5. The van der Waals surface area contributed by atoms with Crippen LogP contribution >= 0.6 is 11.6 Å². The van der Waals surface area contributed by atoms with Gasteiger partial charge in [-0.3, -0.25) is 4.79 Å². The normalized spacial score (nSPS) is 12.9. The van der Waals surface area contributed by atoms with Gasteiger partial charge in [0.15, 0.2) is 6.36 Å². The summed E-state index contributed by atoms with van der Waals surface area (Å²) >= 11 is 6.39. The van der Waals surface area contributed by atoms with E-state index in [0.29, 0.717) is 22.4 Å². The minimum Gasteiger partial charge on any atom is -0.487 e. The number of ether oxygens (including phenoxy) is 2. The smallest absolute Gasteiger partial charge is 0.297 e. The predicted molar refractivity (Wildman–Crippen MR) is 131 cm³/mol. The van der Waals surface area contributed by atoms with Crippen molar-refractivity contribution < 1.29 is 27.8 Å². The highest BCUT2D eigenvalue weighted by Gasteiger charge is 2.20. The number of pyridine rings is 1. The second-order valence-electron chi connectivity index (χ2n) is 8.45. The summed E-state index contributed by atoms with van der Waals surface area (Å²) in [5.74, 6) is -0.628. The molecule has 0 spiro atoms. The lowest BCUT2D eigenvalue weighted by Crippen LogP contribution is -2.41. The Labute approximate surface area is 216 Å². The van der Waals surface area contributed by atoms with Crippen LogP contribution < -0.4 is 14.9 Å². The molecule has 0 fully saturated rings. The number of para-hydroxylation sites is 1. The van der Waals surface area contributed by atoms with E-state index in [4.69, 9.17) is 21.1 Å². The van der Waals surface area contributed by atoms with Crippen LogP contribution in [-0.2, 0) is 23.2 Å². The molecule has 2 atom stereocenters. The number of carbonyl (C=O) groups is 1. The van der Waals surface area contributed by atoms with E-state index in [2.05, 4.69) is 20.5 Å². The van der Waals surface area contributed by atoms with Crippen LogP contribution in [0.1, 0.15) is 36.7 Å². The first-order valence-corrected chi connectivity index (χ1v) is 11.8. The van der Waals surface area contributed by atoms with Crippen LogP contribution in [0.25, 0.3) is 16.6 Å². The summed E-state index contributed by atoms with van der Waals surface area (Å²) < 4.78 is 38.0. The molecular formula is C25H26ClF2N6O3+. The molecule has 1 N–H and O–H groups in total. The van der Waals surface area contributed by atoms with Gasteiger partial charge in [-0.05, 0) is 55.7 Å². The highest BCUT2D eigenvalue weighted by atomic mass is 35.5. The summed E-state index contributed by atoms with van der Waals surface area (Å²) in [6.45, 7) is 4.22. The number of aryl methyl sites for hydroxylation is 2. The van der Waals surface area contributed by atoms with Gasteiger partial charge >= 0.3 is 0 Å². The van der Waals surface area contributed by atoms with E-state index in [1.54, 1.807) is 29.6 Å². The highest BCUT2D eigenvalue weighted by Crippen LogP contribution is 2.32. The van der Waals surface area contributed by atoms with Gasteiger partial charge in [-0.25, -0.2) is 13.8 Å². The summed E-state index contributed by atoms with van der Waals surface area (Å²) in [5, 5.41) is 12.0. The first-order valence-electron chi connectivity index (χ1n) is 11.5. The Morgan fingerprint density at radius 1 is 1.27 bits per heavy atom. The van der Waals surface area contributed by atoms with E-state index >= 15 is 0 Å². The van der Waals surface area contributed by atoms with Crippen LogP contribution in [0.15, 0.2) is 42.7 Å². The standard InChI is InChI=1S/C25H25ClF2N6O3/c1-14-8-22(34-30-13-29-33(34)4)18-6-5-7-23(25(18)31-14)37-11-20-19(9-17(28)10-21(20)26)15(2)32-24(35)12-36-16(3)27/h5-10,13,15-16H,11-12H2,1-4H3/p+1/t15-,16?/m0/s1. The van der Waals surface area contributed by atoms with E-state index in [0.717, 1.165) is 16.8 Å². The minimum atomic E-state index is -1.58. The molecule has 0 bridgehead atoms. The maximum atomic E-state index is 14.2. The molecule has 2 aromatic heterocycles. The van der Waals surface area contributed by atoms with Crippen LogP contribution in [0, 0.1) is 12.7 Å². The van der Waals surface area contributed by atoms with Crippen molar-refractivity contribution in [3.05, 3.63) is 70.4 Å². The monoisotopic (exact) mass is 531 g/mol. The van der Waals surface area contributed by atoms with Crippen molar-refractivity contribution in [2.24, 2.45) is 7.05 Å². The zero-order valence-electron chi connectivity index (χ0n) is 20.7. The van der Waals surface area contributed by atoms with Crippen molar-refractivity contribution in [1.82, 2.24) is 25.3 Å². The Hall–Kier alpha value is -3.70. The number of carbonyl (C=O) groups excluding carboxylic acids is 1. The van der Waals surface area contributed by atoms with Gasteiger partial charge in [0.25, 0.3) is 6.33 Å². The summed E-state index contributed by atoms with van der Waals surface area (Å²) in [5.41, 5.74) is 3.03. The summed E-state index contributed by atoms with van der Waals surface area (Å²) in [6, 6.07) is 9.22. The SMILES string of the molecule is Cc1cc(-n2ncn[n+]2C)c2cccc(OCc3c(Cl)cc(F)cc3[C@H](C)NC(=O)COC(C)F)c2n1. The zero-order chi connectivity index (χ0) is 26.7. The minimum absolute atomic E-state index is 0.0200. The summed E-state index contributed by atoms with van der Waals surface area (Å²) in [6.07, 6.45) is -0.135. The van der Waals surface area contributed by atoms with Crippen molar-refractivity contribution in [3.8, 4) is 11.4 Å². The molecule has 0 aliphatic rings. The maximum Gasteiger partial charge on any atom is 0.297 e. The molecule has 9 nitrogen and oxygen atoms in total. The fraction of sp³-hybridized carbons (Fsp3) is 0.320. The third-order valence-electron chi connectivity index (χ3n) is 5.63. The van der Waals surface area contributed by atoms with E-state index in [-0.39, 0.29) is 11.6 Å². The maximum absolute atomic E-state index is 14.2. The summed E-state index contributed by atoms with van der Waals surface area (Å²) in [7, 11) is 1.78. The third-order valence-corrected chi connectivity index (χ3v) is 5.97. The van der Waals surface area contributed by atoms with Gasteiger partial charge in [0.1, 0.15) is 43.0 Å². The van der Waals surface area contributed by atoms with E-state index < -0.39 is 30.7 Å². The Balaban J connectivity index is 1.64. The Morgan fingerprint density at radius 3 is 2.76 bits per heavy atom. The predicted octanol–water partition coefficient (Wildman–Crippen LogP) is 3.83. The molecule has 1 amide bonds. The number of hydrogen-bond acceptors (Lipinski definition) is 6. The molecule has 2 heterocycles. The molecule has 0 saturated heterocycles. The lowest BCUT2D eigenvalue weighted by Gasteiger charge is -2.20. The number of nitrogens with zero attached hydrogens (tertiary/aromatic N) is 5. The van der Waals surface area contributed by atoms with Crippen LogP contribution in [0.4, 0.5) is 8.78 Å². The van der Waals surface area contributed by atoms with Crippen molar-refractivity contribution in [1.29, 1.82) is 0 Å². The number of halogens is 3. The third kappa shape index (κ3) is 6.00. The largest absolute Gasteiger partial charge is 0.487 e. The van der Waals surface area contributed by atoms with E-state index in [9.17, 15) is 13.6 Å². The van der Waals surface area contributed by atoms with Crippen molar-refractivity contribution in [3.63, 3.8) is 0 Å². The number of nitrogens with one attached hydrogen (secondary N) is 1. The van der Waals surface area contributed by atoms with Crippen molar-refractivity contribution >= 4 is 28.4 Å². The molecular weight excluding hydrogens is 506 g/mol. The molecule has 194 valence electrons. The fourth-order valence-electron chi connectivity index (χ4n) is 3.96. The molecule has 4 rings (SSSR count). The van der Waals surface area contributed by atoms with Gasteiger partial charge in [0.05, 0.1) is 16.2 Å². The number of rotatable bonds is 9. The van der Waals surface area contributed by atoms with Gasteiger partial charge in [-0.15, -0.1) is 0 Å². The lowest BCUT2D eigenvalue weighted by atomic mass is 10.0. The first kappa shape index (κ1) is 26.4. The molecule has 0 aliphatic carbocycles. The van der Waals surface area contributed by atoms with Gasteiger partial charge < -0.3 is 14.8 Å². The Kier molecular flexibility index (Phi) is 7.94. The lowest BCUT2D eigenvalue weighted by molar-refractivity contribution is -0.800. The van der Waals surface area contributed by atoms with E-state index in [1.165, 1.54) is 25.4 Å². The highest BCUT2D eigenvalue weighted by molar-refractivity contribution is 6.31. The van der Waals surface area contributed by atoms with Gasteiger partial charge in [0.2, 0.25) is 5.91 Å². The van der Waals surface area contributed by atoms with Crippen molar-refractivity contribution in [2.75, 3.05) is 6.61 Å². The molecule has 0 aliphatic heterocycles. The molecule has 37 heavy (non-hydrogen) atoms. The first-order chi connectivity index (χ1) is 17.6. The Morgan fingerprint density at radius 2 is 2.05 bits per heavy atom. The summed E-state index contributed by atoms with van der Waals surface area (Å²) in [4.78, 5) is 20.1. The number of amides is 1. The fourth-order valence-corrected chi connectivity index (χ4v) is 4.23. The van der Waals surface area contributed by atoms with E-state index in [1.807, 2.05) is 25.1 Å². The molecule has 0 saturated carbocycles. The van der Waals surface area contributed by atoms with Crippen LogP contribution in [0.3, 0.4) is 0 Å². The number of aromatic nitrogens is 5. The van der Waals surface area contributed by atoms with Crippen LogP contribution in [0.2, 0.25) is 5.02 Å². The molecule has 1 unspecified atom stereocenters. The van der Waals surface area contributed by atoms with Crippen molar-refractivity contribution in [2.45, 2.75) is 39.8 Å². The molecule has 2 aromatic carbocycles. The Bertz CT molecular complexity index is 1450. The van der Waals surface area contributed by atoms with Gasteiger partial charge in [-0.2, -0.15) is 0 Å². The van der Waals surface area contributed by atoms with Gasteiger partial charge in [0, 0.05) is 21.4 Å². The average molecular weight is 532 g/mol. The number of alkyl halides is 1. The molecule has 12 heteroatoms. The molecule has 0 radical (unpaired) electrons. The van der Waals surface area contributed by atoms with Gasteiger partial charge in [-0.1, -0.05) is 28.5 Å². The molecule has 4 aromatic rings. The average Bonchev–Trinajstić information content (AvgIpc) is 3.27. The second kappa shape index (κ2) is 11.1. The number of tetrazole rings is 1. The van der Waals surface area contributed by atoms with Crippen LogP contribution in [0.5, 0.6) is 5.75 Å². The number of fused-ring (bicyclic) bond motifs is 1. The number of benzene rings is 2. The number of hydrogen-bond donors (Lipinski definition) is 1. The quantitative estimate of drug-likeness (QED) is 0.330. The topological polar surface area (TPSA) is 95.0 Å². The van der Waals surface area contributed by atoms with Crippen LogP contribution in [-0.4, -0.2) is 38.8 Å².